The van der Waals surface area contributed by atoms with Crippen LogP contribution in [0.2, 0.25) is 0 Å². The van der Waals surface area contributed by atoms with E-state index in [1.807, 2.05) is 12.1 Å². The van der Waals surface area contributed by atoms with E-state index in [4.69, 9.17) is 4.74 Å². The molecule has 0 saturated carbocycles. The summed E-state index contributed by atoms with van der Waals surface area (Å²) in [5.74, 6) is 0.866. The van der Waals surface area contributed by atoms with Crippen molar-refractivity contribution in [2.45, 2.75) is 31.8 Å². The maximum absolute atomic E-state index is 5.70. The van der Waals surface area contributed by atoms with E-state index in [-0.39, 0.29) is 0 Å². The lowest BCUT2D eigenvalue weighted by Gasteiger charge is -2.23. The van der Waals surface area contributed by atoms with Crippen LogP contribution in [0.25, 0.3) is 0 Å². The van der Waals surface area contributed by atoms with Crippen LogP contribution in [0.1, 0.15) is 19.8 Å². The van der Waals surface area contributed by atoms with Gasteiger partial charge in [0.1, 0.15) is 12.4 Å². The van der Waals surface area contributed by atoms with Crippen molar-refractivity contribution in [2.24, 2.45) is 0 Å². The summed E-state index contributed by atoms with van der Waals surface area (Å²) in [5.41, 5.74) is 0. The molecule has 0 spiro atoms. The largest absolute Gasteiger partial charge is 0.490 e. The van der Waals surface area contributed by atoms with Gasteiger partial charge in [-0.15, -0.1) is 0 Å². The van der Waals surface area contributed by atoms with E-state index in [1.165, 1.54) is 12.8 Å². The molecule has 0 amide bonds. The van der Waals surface area contributed by atoms with Gasteiger partial charge in [0.15, 0.2) is 0 Å². The van der Waals surface area contributed by atoms with E-state index in [0.717, 1.165) is 12.4 Å². The number of hydrogen-bond acceptors (Lipinski definition) is 3. The molecule has 0 aliphatic carbocycles. The maximum atomic E-state index is 5.70. The normalized spacial score (nSPS) is 26.8. The summed E-state index contributed by atoms with van der Waals surface area (Å²) in [4.78, 5) is 6.42. The zero-order valence-corrected chi connectivity index (χ0v) is 9.39. The average Bonchev–Trinajstić information content (AvgIpc) is 2.59. The Labute approximate surface area is 91.1 Å². The molecule has 1 unspecified atom stereocenters. The van der Waals surface area contributed by atoms with Crippen LogP contribution in [0, 0.1) is 0 Å². The van der Waals surface area contributed by atoms with Crippen molar-refractivity contribution in [2.75, 3.05) is 13.7 Å². The van der Waals surface area contributed by atoms with Gasteiger partial charge in [-0.2, -0.15) is 0 Å². The average molecular weight is 206 g/mol. The monoisotopic (exact) mass is 206 g/mol. The molecular formula is C12H18N2O. The van der Waals surface area contributed by atoms with Crippen LogP contribution in [0.3, 0.4) is 0 Å². The fourth-order valence-corrected chi connectivity index (χ4v) is 2.03. The molecule has 0 aromatic carbocycles. The molecule has 3 heteroatoms. The predicted molar refractivity (Wildman–Crippen MR) is 60.0 cm³/mol. The van der Waals surface area contributed by atoms with Crippen LogP contribution in [0.4, 0.5) is 0 Å². The van der Waals surface area contributed by atoms with Gasteiger partial charge >= 0.3 is 0 Å². The summed E-state index contributed by atoms with van der Waals surface area (Å²) in [6, 6.07) is 5.09. The van der Waals surface area contributed by atoms with Gasteiger partial charge in [-0.25, -0.2) is 0 Å². The molecule has 0 radical (unpaired) electrons. The molecule has 82 valence electrons. The van der Waals surface area contributed by atoms with Crippen molar-refractivity contribution in [1.29, 1.82) is 0 Å². The van der Waals surface area contributed by atoms with E-state index < -0.39 is 0 Å². The lowest BCUT2D eigenvalue weighted by molar-refractivity contribution is 0.174. The highest BCUT2D eigenvalue weighted by molar-refractivity contribution is 5.15. The molecule has 1 fully saturated rings. The van der Waals surface area contributed by atoms with Gasteiger partial charge in [-0.1, -0.05) is 0 Å². The van der Waals surface area contributed by atoms with Crippen molar-refractivity contribution < 1.29 is 4.74 Å². The van der Waals surface area contributed by atoms with Gasteiger partial charge < -0.3 is 4.74 Å². The highest BCUT2D eigenvalue weighted by Gasteiger charge is 2.27. The number of rotatable bonds is 3. The Bertz CT molecular complexity index is 302. The summed E-state index contributed by atoms with van der Waals surface area (Å²) < 4.78 is 5.70. The number of likely N-dealkylation sites (tertiary alicyclic amines) is 1. The van der Waals surface area contributed by atoms with E-state index in [2.05, 4.69) is 23.9 Å². The van der Waals surface area contributed by atoms with Gasteiger partial charge in [0.25, 0.3) is 0 Å². The third-order valence-electron chi connectivity index (χ3n) is 3.27. The van der Waals surface area contributed by atoms with E-state index in [9.17, 15) is 0 Å². The van der Waals surface area contributed by atoms with Gasteiger partial charge in [-0.05, 0) is 38.9 Å². The highest BCUT2D eigenvalue weighted by Crippen LogP contribution is 2.22. The summed E-state index contributed by atoms with van der Waals surface area (Å²) >= 11 is 0. The SMILES string of the molecule is CC1CC[C@@H](COc2cccnc2)N1C. The first-order valence-corrected chi connectivity index (χ1v) is 5.52. The van der Waals surface area contributed by atoms with Crippen molar-refractivity contribution in [1.82, 2.24) is 9.88 Å². The van der Waals surface area contributed by atoms with Crippen LogP contribution < -0.4 is 4.74 Å². The van der Waals surface area contributed by atoms with Gasteiger partial charge in [0.2, 0.25) is 0 Å². The number of ether oxygens (including phenoxy) is 1. The van der Waals surface area contributed by atoms with E-state index in [0.29, 0.717) is 12.1 Å². The van der Waals surface area contributed by atoms with Gasteiger partial charge in [0.05, 0.1) is 6.20 Å². The van der Waals surface area contributed by atoms with Crippen LogP contribution in [0.15, 0.2) is 24.5 Å². The number of aromatic nitrogens is 1. The first-order valence-electron chi connectivity index (χ1n) is 5.52. The number of likely N-dealkylation sites (N-methyl/N-ethyl adjacent to an activating group) is 1. The molecule has 1 aliphatic rings. The highest BCUT2D eigenvalue weighted by atomic mass is 16.5. The number of pyridine rings is 1. The second-order valence-electron chi connectivity index (χ2n) is 4.25. The summed E-state index contributed by atoms with van der Waals surface area (Å²) in [5, 5.41) is 0. The summed E-state index contributed by atoms with van der Waals surface area (Å²) in [6.07, 6.45) is 6.03. The third kappa shape index (κ3) is 2.48. The first kappa shape index (κ1) is 10.4. The Kier molecular flexibility index (Phi) is 3.21. The molecule has 2 atom stereocenters. The van der Waals surface area contributed by atoms with Crippen LogP contribution in [-0.4, -0.2) is 35.6 Å². The molecule has 2 rings (SSSR count). The lowest BCUT2D eigenvalue weighted by atomic mass is 10.2. The summed E-state index contributed by atoms with van der Waals surface area (Å²) in [6.45, 7) is 3.04. The Morgan fingerprint density at radius 1 is 1.53 bits per heavy atom. The van der Waals surface area contributed by atoms with Gasteiger partial charge in [0, 0.05) is 18.3 Å². The predicted octanol–water partition coefficient (Wildman–Crippen LogP) is 1.94. The fourth-order valence-electron chi connectivity index (χ4n) is 2.03. The standard InChI is InChI=1S/C12H18N2O/c1-10-5-6-11(14(10)2)9-15-12-4-3-7-13-8-12/h3-4,7-8,10-11H,5-6,9H2,1-2H3/t10?,11-/m0/s1. The molecule has 3 nitrogen and oxygen atoms in total. The Morgan fingerprint density at radius 3 is 3.00 bits per heavy atom. The maximum Gasteiger partial charge on any atom is 0.137 e. The van der Waals surface area contributed by atoms with Crippen LogP contribution in [-0.2, 0) is 0 Å². The summed E-state index contributed by atoms with van der Waals surface area (Å²) in [7, 11) is 2.18. The minimum Gasteiger partial charge on any atom is -0.490 e. The Morgan fingerprint density at radius 2 is 2.40 bits per heavy atom. The van der Waals surface area contributed by atoms with Crippen LogP contribution in [0.5, 0.6) is 5.75 Å². The van der Waals surface area contributed by atoms with Gasteiger partial charge in [-0.3, -0.25) is 9.88 Å². The topological polar surface area (TPSA) is 25.4 Å². The third-order valence-corrected chi connectivity index (χ3v) is 3.27. The molecule has 1 aliphatic heterocycles. The minimum atomic E-state index is 0.556. The molecule has 2 heterocycles. The second kappa shape index (κ2) is 4.62. The van der Waals surface area contributed by atoms with Crippen LogP contribution >= 0.6 is 0 Å². The molecule has 1 aromatic rings. The van der Waals surface area contributed by atoms with Crippen molar-refractivity contribution in [3.63, 3.8) is 0 Å². The lowest BCUT2D eigenvalue weighted by Crippen LogP contribution is -2.34. The fraction of sp³-hybridized carbons (Fsp3) is 0.583. The number of nitrogens with zero attached hydrogens (tertiary/aromatic N) is 2. The number of hydrogen-bond donors (Lipinski definition) is 0. The molecule has 1 aromatic heterocycles. The second-order valence-corrected chi connectivity index (χ2v) is 4.25. The zero-order chi connectivity index (χ0) is 10.7. The Hall–Kier alpha value is -1.09. The molecule has 0 bridgehead atoms. The Balaban J connectivity index is 1.84. The zero-order valence-electron chi connectivity index (χ0n) is 9.39. The van der Waals surface area contributed by atoms with Crippen molar-refractivity contribution in [3.05, 3.63) is 24.5 Å². The quantitative estimate of drug-likeness (QED) is 0.755. The molecule has 15 heavy (non-hydrogen) atoms. The first-order chi connectivity index (χ1) is 7.27. The van der Waals surface area contributed by atoms with E-state index in [1.54, 1.807) is 12.4 Å². The smallest absolute Gasteiger partial charge is 0.137 e. The minimum absolute atomic E-state index is 0.556. The molecule has 0 N–H and O–H groups in total. The van der Waals surface area contributed by atoms with E-state index >= 15 is 0 Å². The van der Waals surface area contributed by atoms with Crippen molar-refractivity contribution in [3.8, 4) is 5.75 Å². The van der Waals surface area contributed by atoms with Crippen molar-refractivity contribution >= 4 is 0 Å². The molecule has 1 saturated heterocycles. The molecular weight excluding hydrogens is 188 g/mol.